The van der Waals surface area contributed by atoms with Crippen molar-refractivity contribution in [1.29, 1.82) is 0 Å². The quantitative estimate of drug-likeness (QED) is 0.173. The van der Waals surface area contributed by atoms with Crippen LogP contribution < -0.4 is 0 Å². The third kappa shape index (κ3) is 8.93. The zero-order valence-electron chi connectivity index (χ0n) is 63.9. The van der Waals surface area contributed by atoms with E-state index in [2.05, 4.69) is 0 Å². The van der Waals surface area contributed by atoms with Crippen molar-refractivity contribution < 1.29 is 42.1 Å². The van der Waals surface area contributed by atoms with Crippen molar-refractivity contribution in [2.24, 2.45) is 0 Å². The summed E-state index contributed by atoms with van der Waals surface area (Å²) in [7, 11) is 0. The van der Waals surface area contributed by atoms with Gasteiger partial charge in [0.1, 0.15) is 11.6 Å². The average molecular weight is 885 g/mol. The van der Waals surface area contributed by atoms with Crippen LogP contribution in [-0.2, 0) is 21.7 Å². The predicted octanol–water partition coefficient (Wildman–Crippen LogP) is 16.8. The molecule has 0 atom stereocenters. The molecule has 8 rings (SSSR count). The summed E-state index contributed by atoms with van der Waals surface area (Å²) >= 11 is 0. The van der Waals surface area contributed by atoms with Gasteiger partial charge in [-0.2, -0.15) is 0 Å². The van der Waals surface area contributed by atoms with E-state index in [-0.39, 0.29) is 44.7 Å². The van der Waals surface area contributed by atoms with E-state index in [9.17, 15) is 7.85 Å². The molecule has 0 fully saturated rings. The van der Waals surface area contributed by atoms with E-state index in [1.54, 1.807) is 78.9 Å². The van der Waals surface area contributed by atoms with Gasteiger partial charge in [0.2, 0.25) is 0 Å². The molecule has 0 radical (unpaired) electrons. The molecule has 0 aliphatic heterocycles. The van der Waals surface area contributed by atoms with Crippen LogP contribution in [0.3, 0.4) is 0 Å². The van der Waals surface area contributed by atoms with Crippen LogP contribution in [0, 0.1) is 0 Å². The summed E-state index contributed by atoms with van der Waals surface area (Å²) < 4.78 is 239. The Kier molecular flexibility index (Phi) is 5.82. The summed E-state index contributed by atoms with van der Waals surface area (Å²) in [4.78, 5) is 9.78. The Morgan fingerprint density at radius 1 is 0.569 bits per heavy atom. The van der Waals surface area contributed by atoms with Gasteiger partial charge >= 0.3 is 0 Å². The van der Waals surface area contributed by atoms with Crippen LogP contribution in [0.1, 0.15) is 167 Å². The number of pyridine rings is 1. The maximum atomic E-state index is 13.2. The van der Waals surface area contributed by atoms with Crippen molar-refractivity contribution in [2.75, 3.05) is 0 Å². The standard InChI is InChI=1S/C61H67N3O/c1-38(2)46-23-18-19-24-47(46)40-29-30-62-52(34-40)42-31-41(32-44(33-42)59(6,7)8)48-25-20-26-54-55(48)63-57(50-36-45(60(9,10)11)37-51(56(50)65)61(12,13)14)64(54)53-28-27-43(58(3,4)5)35-49(53)39-21-16-15-17-22-39/h15-38,65H,1-14H3/i1D3,2D3,9D3,10D3,11D3,12D3,13D3,14D3,36D,37D,38D. The van der Waals surface area contributed by atoms with Crippen molar-refractivity contribution in [3.63, 3.8) is 0 Å². The summed E-state index contributed by atoms with van der Waals surface area (Å²) in [6.07, 6.45) is 1.42. The average Bonchev–Trinajstić information content (AvgIpc) is 0.785. The molecule has 0 unspecified atom stereocenters. The molecule has 0 saturated heterocycles. The highest BCUT2D eigenvalue weighted by molar-refractivity contribution is 5.98. The van der Waals surface area contributed by atoms with Crippen LogP contribution in [0.2, 0.25) is 0 Å². The number of rotatable bonds is 7. The van der Waals surface area contributed by atoms with Gasteiger partial charge in [-0.3, -0.25) is 9.55 Å². The van der Waals surface area contributed by atoms with E-state index >= 15 is 0 Å². The predicted molar refractivity (Wildman–Crippen MR) is 277 cm³/mol. The fraction of sp³-hybridized carbons (Fsp3) is 0.311. The first-order chi connectivity index (χ1) is 41.7. The van der Waals surface area contributed by atoms with Crippen molar-refractivity contribution in [3.05, 3.63) is 167 Å². The molecule has 4 nitrogen and oxygen atoms in total. The SMILES string of the molecule is [2H]c1c(-c2nc3c(-c4cc(-c5cc(-c6ccccc6C([2H])(C([2H])([2H])[2H])C([2H])([2H])[2H])ccn5)cc(C(C)(C)C)c4)cccc3n2-c2ccc(C(C)(C)C)cc2-c2ccccc2)c(O)c(C(C([2H])([2H])[2H])(C([2H])([2H])[2H])C([2H])([2H])[2H])c([2H])c1C(C([2H])([2H])[2H])(C([2H])([2H])[2H])C([2H])([2H])[2H]. The van der Waals surface area contributed by atoms with E-state index in [0.717, 1.165) is 5.56 Å². The van der Waals surface area contributed by atoms with Gasteiger partial charge in [-0.05, 0) is 121 Å². The number of nitrogens with zero attached hydrogens (tertiary/aromatic N) is 3. The molecule has 0 aliphatic rings. The minimum absolute atomic E-state index is 0.0549. The number of aromatic hydroxyl groups is 1. The molecule has 0 aliphatic carbocycles. The molecule has 8 aromatic rings. The number of phenols is 1. The van der Waals surface area contributed by atoms with Gasteiger partial charge in [-0.25, -0.2) is 4.98 Å². The number of para-hydroxylation sites is 1. The molecule has 332 valence electrons. The summed E-state index contributed by atoms with van der Waals surface area (Å²) in [5.41, 5.74) is -11.5. The summed E-state index contributed by atoms with van der Waals surface area (Å²) in [6, 6.07) is 29.2. The molecule has 0 amide bonds. The second-order valence-corrected chi connectivity index (χ2v) is 18.4. The Bertz CT molecular complexity index is 3960. The lowest BCUT2D eigenvalue weighted by atomic mass is 9.79. The number of imidazole rings is 1. The van der Waals surface area contributed by atoms with E-state index in [4.69, 9.17) is 44.2 Å². The molecular weight excluding hydrogens is 791 g/mol. The molecular formula is C61H67N3O. The Labute approximate surface area is 426 Å². The summed E-state index contributed by atoms with van der Waals surface area (Å²) in [6.45, 7) is -21.4. The molecule has 2 heterocycles. The Morgan fingerprint density at radius 2 is 1.26 bits per heavy atom. The summed E-state index contributed by atoms with van der Waals surface area (Å²) in [5, 5.41) is 13.2. The largest absolute Gasteiger partial charge is 0.507 e. The van der Waals surface area contributed by atoms with Gasteiger partial charge in [0.25, 0.3) is 0 Å². The van der Waals surface area contributed by atoms with Gasteiger partial charge in [-0.1, -0.05) is 181 Å². The number of benzene rings is 6. The first-order valence-electron chi connectivity index (χ1n) is 34.5. The van der Waals surface area contributed by atoms with Crippen molar-refractivity contribution in [2.45, 2.75) is 124 Å². The van der Waals surface area contributed by atoms with Crippen LogP contribution in [-0.4, -0.2) is 19.6 Å². The minimum Gasteiger partial charge on any atom is -0.507 e. The Morgan fingerprint density at radius 3 is 1.97 bits per heavy atom. The van der Waals surface area contributed by atoms with Crippen molar-refractivity contribution in [1.82, 2.24) is 14.5 Å². The highest BCUT2D eigenvalue weighted by Gasteiger charge is 2.30. The highest BCUT2D eigenvalue weighted by Crippen LogP contribution is 2.46. The number of hydrogen-bond acceptors (Lipinski definition) is 3. The fourth-order valence-electron chi connectivity index (χ4n) is 8.01. The van der Waals surface area contributed by atoms with Crippen LogP contribution in [0.25, 0.3) is 72.7 Å². The lowest BCUT2D eigenvalue weighted by Crippen LogP contribution is -2.17. The molecule has 0 bridgehead atoms. The zero-order chi connectivity index (χ0) is 69.5. The van der Waals surface area contributed by atoms with Crippen LogP contribution in [0.15, 0.2) is 140 Å². The third-order valence-corrected chi connectivity index (χ3v) is 11.5. The van der Waals surface area contributed by atoms with E-state index in [0.29, 0.717) is 27.8 Å². The van der Waals surface area contributed by atoms with Gasteiger partial charge in [0.15, 0.2) is 0 Å². The molecule has 6 aromatic carbocycles. The second kappa shape index (κ2) is 16.6. The van der Waals surface area contributed by atoms with Gasteiger partial charge in [0, 0.05) is 62.7 Å². The van der Waals surface area contributed by atoms with Crippen LogP contribution >= 0.6 is 0 Å². The van der Waals surface area contributed by atoms with Gasteiger partial charge < -0.3 is 5.11 Å². The van der Waals surface area contributed by atoms with E-state index in [1.165, 1.54) is 41.1 Å². The van der Waals surface area contributed by atoms with Gasteiger partial charge in [0.05, 0.1) is 30.7 Å². The maximum Gasteiger partial charge on any atom is 0.149 e. The Hall–Kier alpha value is -6.26. The molecule has 0 saturated carbocycles. The number of hydrogen-bond donors (Lipinski definition) is 1. The molecule has 2 aromatic heterocycles. The van der Waals surface area contributed by atoms with Crippen LogP contribution in [0.4, 0.5) is 0 Å². The monoisotopic (exact) mass is 885 g/mol. The lowest BCUT2D eigenvalue weighted by Gasteiger charge is -2.28. The lowest BCUT2D eigenvalue weighted by molar-refractivity contribution is 0.446. The maximum absolute atomic E-state index is 13.2. The zero-order valence-corrected chi connectivity index (χ0v) is 36.9. The normalized spacial score (nSPS) is 20.5. The topological polar surface area (TPSA) is 50.9 Å². The Balaban J connectivity index is 1.63. The minimum atomic E-state index is -4.49. The number of phenolic OH excluding ortho intramolecular Hbond substituents is 1. The third-order valence-electron chi connectivity index (χ3n) is 11.5. The molecule has 4 heteroatoms. The van der Waals surface area contributed by atoms with Gasteiger partial charge in [-0.15, -0.1) is 0 Å². The number of fused-ring (bicyclic) bond motifs is 1. The highest BCUT2D eigenvalue weighted by atomic mass is 16.3. The molecule has 65 heavy (non-hydrogen) atoms. The molecule has 1 N–H and O–H groups in total. The first kappa shape index (κ1) is 22.8. The smallest absolute Gasteiger partial charge is 0.149 e. The first-order valence-corrected chi connectivity index (χ1v) is 21.0. The number of aromatic nitrogens is 3. The van der Waals surface area contributed by atoms with Crippen LogP contribution in [0.5, 0.6) is 5.75 Å². The van der Waals surface area contributed by atoms with Crippen molar-refractivity contribution >= 4 is 11.0 Å². The summed E-state index contributed by atoms with van der Waals surface area (Å²) in [5.74, 6) is -5.60. The van der Waals surface area contributed by atoms with Crippen molar-refractivity contribution in [3.8, 4) is 67.5 Å². The molecule has 0 spiro atoms. The van der Waals surface area contributed by atoms with E-state index in [1.807, 2.05) is 53.7 Å². The van der Waals surface area contributed by atoms with E-state index < -0.39 is 123 Å². The fourth-order valence-corrected chi connectivity index (χ4v) is 8.01. The second-order valence-electron chi connectivity index (χ2n) is 18.4.